The quantitative estimate of drug-likeness (QED) is 0.370. The van der Waals surface area contributed by atoms with Gasteiger partial charge in [-0.15, -0.1) is 24.0 Å². The van der Waals surface area contributed by atoms with Crippen LogP contribution in [0.3, 0.4) is 0 Å². The fourth-order valence-corrected chi connectivity index (χ4v) is 3.74. The summed E-state index contributed by atoms with van der Waals surface area (Å²) in [6.07, 6.45) is 6.62. The second-order valence-electron chi connectivity index (χ2n) is 7.25. The molecule has 1 heterocycles. The largest absolute Gasteiger partial charge is 0.379 e. The maximum atomic E-state index is 5.41. The predicted molar refractivity (Wildman–Crippen MR) is 112 cm³/mol. The van der Waals surface area contributed by atoms with E-state index in [1.165, 1.54) is 32.1 Å². The molecule has 3 unspecified atom stereocenters. The van der Waals surface area contributed by atoms with Crippen molar-refractivity contribution in [2.45, 2.75) is 52.0 Å². The van der Waals surface area contributed by atoms with Crippen molar-refractivity contribution in [3.63, 3.8) is 0 Å². The van der Waals surface area contributed by atoms with Crippen molar-refractivity contribution < 1.29 is 4.74 Å². The zero-order valence-electron chi connectivity index (χ0n) is 15.7. The van der Waals surface area contributed by atoms with E-state index in [0.29, 0.717) is 12.0 Å². The Hall–Kier alpha value is -0.0800. The third-order valence-corrected chi connectivity index (χ3v) is 5.22. The van der Waals surface area contributed by atoms with Crippen molar-refractivity contribution in [1.82, 2.24) is 15.5 Å². The van der Waals surface area contributed by atoms with Crippen molar-refractivity contribution in [1.29, 1.82) is 0 Å². The average molecular weight is 452 g/mol. The number of hydrogen-bond acceptors (Lipinski definition) is 3. The van der Waals surface area contributed by atoms with E-state index in [9.17, 15) is 0 Å². The number of ether oxygens (including phenoxy) is 1. The molecule has 1 saturated heterocycles. The Labute approximate surface area is 165 Å². The number of hydrogen-bond donors (Lipinski definition) is 2. The maximum Gasteiger partial charge on any atom is 0.191 e. The fourth-order valence-electron chi connectivity index (χ4n) is 3.74. The molecule has 1 aliphatic carbocycles. The molecule has 2 aliphatic rings. The second-order valence-corrected chi connectivity index (χ2v) is 7.25. The minimum absolute atomic E-state index is 0. The van der Waals surface area contributed by atoms with Crippen LogP contribution in [0.1, 0.15) is 46.0 Å². The van der Waals surface area contributed by atoms with E-state index >= 15 is 0 Å². The highest BCUT2D eigenvalue weighted by Gasteiger charge is 2.21. The first kappa shape index (κ1) is 22.0. The molecule has 1 saturated carbocycles. The summed E-state index contributed by atoms with van der Waals surface area (Å²) in [5.74, 6) is 2.47. The molecule has 3 atom stereocenters. The first-order valence-electron chi connectivity index (χ1n) is 9.48. The summed E-state index contributed by atoms with van der Waals surface area (Å²) in [6.45, 7) is 10.6. The van der Waals surface area contributed by atoms with Crippen LogP contribution in [0.25, 0.3) is 0 Å². The molecule has 2 N–H and O–H groups in total. The SMILES string of the molecule is CCC1CCCC(NC(=NC)NCC(C)CN2CCOCC2)C1.I. The van der Waals surface area contributed by atoms with Crippen LogP contribution in [0.4, 0.5) is 0 Å². The fraction of sp³-hybridized carbons (Fsp3) is 0.944. The second kappa shape index (κ2) is 12.3. The van der Waals surface area contributed by atoms with Crippen LogP contribution >= 0.6 is 24.0 Å². The van der Waals surface area contributed by atoms with Crippen molar-refractivity contribution in [3.8, 4) is 0 Å². The Morgan fingerprint density at radius 1 is 1.29 bits per heavy atom. The van der Waals surface area contributed by atoms with Gasteiger partial charge in [0, 0.05) is 39.3 Å². The molecular weight excluding hydrogens is 415 g/mol. The Bertz CT molecular complexity index is 361. The number of aliphatic imine (C=N–C) groups is 1. The molecule has 0 aromatic carbocycles. The predicted octanol–water partition coefficient (Wildman–Crippen LogP) is 2.71. The van der Waals surface area contributed by atoms with E-state index in [-0.39, 0.29) is 24.0 Å². The van der Waals surface area contributed by atoms with Crippen LogP contribution in [0.2, 0.25) is 0 Å². The summed E-state index contributed by atoms with van der Waals surface area (Å²) in [5, 5.41) is 7.15. The van der Waals surface area contributed by atoms with Crippen LogP contribution in [-0.2, 0) is 4.74 Å². The van der Waals surface area contributed by atoms with Gasteiger partial charge in [-0.25, -0.2) is 0 Å². The average Bonchev–Trinajstić information content (AvgIpc) is 2.59. The molecule has 0 radical (unpaired) electrons. The van der Waals surface area contributed by atoms with Crippen LogP contribution in [0, 0.1) is 11.8 Å². The van der Waals surface area contributed by atoms with Crippen LogP contribution in [0.5, 0.6) is 0 Å². The van der Waals surface area contributed by atoms with E-state index in [2.05, 4.69) is 34.4 Å². The van der Waals surface area contributed by atoms with Gasteiger partial charge in [-0.2, -0.15) is 0 Å². The number of halogens is 1. The molecule has 0 amide bonds. The van der Waals surface area contributed by atoms with Crippen LogP contribution in [-0.4, -0.2) is 63.3 Å². The molecular formula is C18H37IN4O. The molecule has 1 aliphatic heterocycles. The number of morpholine rings is 1. The van der Waals surface area contributed by atoms with Gasteiger partial charge in [0.05, 0.1) is 13.2 Å². The summed E-state index contributed by atoms with van der Waals surface area (Å²) in [5.41, 5.74) is 0. The topological polar surface area (TPSA) is 48.9 Å². The van der Waals surface area contributed by atoms with Gasteiger partial charge in [-0.05, 0) is 24.7 Å². The van der Waals surface area contributed by atoms with Gasteiger partial charge in [0.2, 0.25) is 0 Å². The molecule has 0 aromatic rings. The lowest BCUT2D eigenvalue weighted by molar-refractivity contribution is 0.0320. The Morgan fingerprint density at radius 2 is 2.04 bits per heavy atom. The molecule has 2 rings (SSSR count). The van der Waals surface area contributed by atoms with Gasteiger partial charge in [0.25, 0.3) is 0 Å². The lowest BCUT2D eigenvalue weighted by Gasteiger charge is -2.31. The molecule has 0 aromatic heterocycles. The lowest BCUT2D eigenvalue weighted by atomic mass is 9.84. The third-order valence-electron chi connectivity index (χ3n) is 5.22. The van der Waals surface area contributed by atoms with E-state index in [4.69, 9.17) is 4.74 Å². The van der Waals surface area contributed by atoms with Gasteiger partial charge < -0.3 is 15.4 Å². The minimum Gasteiger partial charge on any atom is -0.379 e. The summed E-state index contributed by atoms with van der Waals surface area (Å²) >= 11 is 0. The zero-order valence-corrected chi connectivity index (χ0v) is 18.1. The monoisotopic (exact) mass is 452 g/mol. The minimum atomic E-state index is 0. The normalized spacial score (nSPS) is 27.2. The highest BCUT2D eigenvalue weighted by Crippen LogP contribution is 2.26. The first-order chi connectivity index (χ1) is 11.2. The van der Waals surface area contributed by atoms with Crippen molar-refractivity contribution >= 4 is 29.9 Å². The van der Waals surface area contributed by atoms with E-state index < -0.39 is 0 Å². The molecule has 5 nitrogen and oxygen atoms in total. The third kappa shape index (κ3) is 7.87. The number of rotatable bonds is 6. The van der Waals surface area contributed by atoms with Gasteiger partial charge >= 0.3 is 0 Å². The lowest BCUT2D eigenvalue weighted by Crippen LogP contribution is -2.47. The standard InChI is InChI=1S/C18H36N4O.HI/c1-4-16-6-5-7-17(12-16)21-18(19-3)20-13-15(2)14-22-8-10-23-11-9-22;/h15-17H,4-14H2,1-3H3,(H2,19,20,21);1H. The highest BCUT2D eigenvalue weighted by molar-refractivity contribution is 14.0. The van der Waals surface area contributed by atoms with Crippen molar-refractivity contribution in [2.75, 3.05) is 46.4 Å². The first-order valence-corrected chi connectivity index (χ1v) is 9.48. The van der Waals surface area contributed by atoms with E-state index in [1.54, 1.807) is 0 Å². The smallest absolute Gasteiger partial charge is 0.191 e. The highest BCUT2D eigenvalue weighted by atomic mass is 127. The van der Waals surface area contributed by atoms with E-state index in [1.807, 2.05) is 7.05 Å². The molecule has 24 heavy (non-hydrogen) atoms. The Kier molecular flexibility index (Phi) is 11.3. The van der Waals surface area contributed by atoms with Crippen LogP contribution in [0.15, 0.2) is 4.99 Å². The Morgan fingerprint density at radius 3 is 2.71 bits per heavy atom. The zero-order chi connectivity index (χ0) is 16.5. The van der Waals surface area contributed by atoms with Crippen LogP contribution < -0.4 is 10.6 Å². The van der Waals surface area contributed by atoms with Crippen molar-refractivity contribution in [2.24, 2.45) is 16.8 Å². The number of nitrogens with zero attached hydrogens (tertiary/aromatic N) is 2. The summed E-state index contributed by atoms with van der Waals surface area (Å²) in [6, 6.07) is 0.592. The molecule has 2 fully saturated rings. The molecule has 142 valence electrons. The number of guanidine groups is 1. The molecule has 0 spiro atoms. The molecule has 0 bridgehead atoms. The Balaban J connectivity index is 0.00000288. The summed E-state index contributed by atoms with van der Waals surface area (Å²) in [7, 11) is 1.88. The number of nitrogens with one attached hydrogen (secondary N) is 2. The summed E-state index contributed by atoms with van der Waals surface area (Å²) in [4.78, 5) is 6.91. The molecule has 6 heteroatoms. The van der Waals surface area contributed by atoms with Gasteiger partial charge in [0.1, 0.15) is 0 Å². The van der Waals surface area contributed by atoms with Crippen molar-refractivity contribution in [3.05, 3.63) is 0 Å². The summed E-state index contributed by atoms with van der Waals surface area (Å²) < 4.78 is 5.41. The van der Waals surface area contributed by atoms with Gasteiger partial charge in [-0.1, -0.05) is 33.1 Å². The van der Waals surface area contributed by atoms with E-state index in [0.717, 1.165) is 51.3 Å². The van der Waals surface area contributed by atoms with Gasteiger partial charge in [-0.3, -0.25) is 9.89 Å². The maximum absolute atomic E-state index is 5.41. The van der Waals surface area contributed by atoms with Gasteiger partial charge in [0.15, 0.2) is 5.96 Å².